The van der Waals surface area contributed by atoms with Crippen molar-refractivity contribution in [1.29, 1.82) is 0 Å². The number of unbranched alkanes of at least 4 members (excludes halogenated alkanes) is 3. The molecule has 0 atom stereocenters. The molecule has 2 aromatic carbocycles. The number of benzene rings is 2. The summed E-state index contributed by atoms with van der Waals surface area (Å²) in [5.74, 6) is 2.57. The first-order valence-corrected chi connectivity index (χ1v) is 11.3. The predicted molar refractivity (Wildman–Crippen MR) is 128 cm³/mol. The Bertz CT molecular complexity index is 1010. The average Bonchev–Trinajstić information content (AvgIpc) is 3.18. The van der Waals surface area contributed by atoms with Crippen molar-refractivity contribution in [2.24, 2.45) is 0 Å². The van der Waals surface area contributed by atoms with Crippen molar-refractivity contribution in [3.8, 4) is 11.5 Å². The van der Waals surface area contributed by atoms with Crippen LogP contribution in [0.4, 0.5) is 0 Å². The van der Waals surface area contributed by atoms with Crippen LogP contribution >= 0.6 is 0 Å². The number of rotatable bonds is 14. The van der Waals surface area contributed by atoms with Gasteiger partial charge in [0.15, 0.2) is 11.5 Å². The number of nitrogens with one attached hydrogen (secondary N) is 1. The van der Waals surface area contributed by atoms with Crippen molar-refractivity contribution in [2.75, 3.05) is 20.3 Å². The van der Waals surface area contributed by atoms with E-state index in [-0.39, 0.29) is 5.91 Å². The third kappa shape index (κ3) is 6.61. The first kappa shape index (κ1) is 23.4. The highest BCUT2D eigenvalue weighted by Gasteiger charge is 2.10. The second-order valence-corrected chi connectivity index (χ2v) is 7.68. The van der Waals surface area contributed by atoms with Gasteiger partial charge in [0, 0.05) is 19.5 Å². The number of imidazole rings is 1. The summed E-state index contributed by atoms with van der Waals surface area (Å²) in [4.78, 5) is 16.1. The van der Waals surface area contributed by atoms with Crippen LogP contribution in [0.25, 0.3) is 11.0 Å². The van der Waals surface area contributed by atoms with Crippen molar-refractivity contribution < 1.29 is 14.3 Å². The van der Waals surface area contributed by atoms with Gasteiger partial charge < -0.3 is 19.4 Å². The number of amides is 1. The molecule has 1 aromatic heterocycles. The van der Waals surface area contributed by atoms with Gasteiger partial charge in [-0.15, -0.1) is 0 Å². The van der Waals surface area contributed by atoms with Gasteiger partial charge in [-0.2, -0.15) is 0 Å². The minimum Gasteiger partial charge on any atom is -0.493 e. The number of aryl methyl sites for hydroxylation is 2. The van der Waals surface area contributed by atoms with E-state index in [0.29, 0.717) is 13.2 Å². The standard InChI is InChI=1S/C26H33N3O3/c1-3-26(30)27-18-10-4-5-17-25-28-21-13-6-7-14-22(21)29(25)19-11-12-20-32-24-16-9-8-15-23(24)31-2/h3,6-9,13-16H,1,4-5,10-12,17-20H2,2H3,(H,27,30). The van der Waals surface area contributed by atoms with E-state index in [4.69, 9.17) is 14.5 Å². The van der Waals surface area contributed by atoms with Gasteiger partial charge in [0.05, 0.1) is 24.8 Å². The summed E-state index contributed by atoms with van der Waals surface area (Å²) >= 11 is 0. The van der Waals surface area contributed by atoms with E-state index in [1.165, 1.54) is 11.6 Å². The molecule has 0 saturated heterocycles. The SMILES string of the molecule is C=CC(=O)NCCCCCc1nc2ccccc2n1CCCCOc1ccccc1OC. The molecule has 1 amide bonds. The zero-order valence-electron chi connectivity index (χ0n) is 18.9. The van der Waals surface area contributed by atoms with Gasteiger partial charge in [0.25, 0.3) is 0 Å². The van der Waals surface area contributed by atoms with Crippen LogP contribution in [0.5, 0.6) is 11.5 Å². The van der Waals surface area contributed by atoms with Crippen LogP contribution in [-0.4, -0.2) is 35.7 Å². The average molecular weight is 436 g/mol. The van der Waals surface area contributed by atoms with Gasteiger partial charge in [-0.1, -0.05) is 37.3 Å². The Morgan fingerprint density at radius 1 is 1.03 bits per heavy atom. The largest absolute Gasteiger partial charge is 0.493 e. The van der Waals surface area contributed by atoms with Crippen molar-refractivity contribution in [3.63, 3.8) is 0 Å². The fraction of sp³-hybridized carbons (Fsp3) is 0.385. The Morgan fingerprint density at radius 2 is 1.81 bits per heavy atom. The van der Waals surface area contributed by atoms with Gasteiger partial charge in [-0.3, -0.25) is 4.79 Å². The number of carbonyl (C=O) groups excluding carboxylic acids is 1. The minimum atomic E-state index is -0.110. The van der Waals surface area contributed by atoms with E-state index >= 15 is 0 Å². The summed E-state index contributed by atoms with van der Waals surface area (Å²) in [6.45, 7) is 5.73. The molecular weight excluding hydrogens is 402 g/mol. The van der Waals surface area contributed by atoms with E-state index in [0.717, 1.165) is 67.9 Å². The monoisotopic (exact) mass is 435 g/mol. The second kappa shape index (κ2) is 12.5. The lowest BCUT2D eigenvalue weighted by molar-refractivity contribution is -0.116. The molecule has 0 unspecified atom stereocenters. The van der Waals surface area contributed by atoms with Crippen molar-refractivity contribution >= 4 is 16.9 Å². The van der Waals surface area contributed by atoms with Crippen molar-refractivity contribution in [1.82, 2.24) is 14.9 Å². The smallest absolute Gasteiger partial charge is 0.243 e. The third-order valence-corrected chi connectivity index (χ3v) is 5.40. The zero-order valence-corrected chi connectivity index (χ0v) is 18.9. The summed E-state index contributed by atoms with van der Waals surface area (Å²) in [6.07, 6.45) is 7.26. The van der Waals surface area contributed by atoms with Crippen molar-refractivity contribution in [2.45, 2.75) is 45.1 Å². The number of ether oxygens (including phenoxy) is 2. The number of methoxy groups -OCH3 is 1. The van der Waals surface area contributed by atoms with Crippen LogP contribution in [0.3, 0.4) is 0 Å². The summed E-state index contributed by atoms with van der Waals surface area (Å²) in [7, 11) is 1.66. The normalized spacial score (nSPS) is 10.8. The molecule has 1 heterocycles. The lowest BCUT2D eigenvalue weighted by Gasteiger charge is -2.12. The quantitative estimate of drug-likeness (QED) is 0.288. The molecule has 0 aliphatic rings. The zero-order chi connectivity index (χ0) is 22.6. The number of nitrogens with zero attached hydrogens (tertiary/aromatic N) is 2. The van der Waals surface area contributed by atoms with E-state index in [2.05, 4.69) is 34.7 Å². The molecule has 0 aliphatic carbocycles. The molecule has 1 N–H and O–H groups in total. The number of hydrogen-bond donors (Lipinski definition) is 1. The Hall–Kier alpha value is -3.28. The van der Waals surface area contributed by atoms with Gasteiger partial charge in [-0.25, -0.2) is 4.98 Å². The van der Waals surface area contributed by atoms with Gasteiger partial charge in [0.1, 0.15) is 5.82 Å². The molecule has 0 radical (unpaired) electrons. The summed E-state index contributed by atoms with van der Waals surface area (Å²) in [5.41, 5.74) is 2.23. The fourth-order valence-corrected chi connectivity index (χ4v) is 3.73. The molecular formula is C26H33N3O3. The molecule has 6 nitrogen and oxygen atoms in total. The molecule has 32 heavy (non-hydrogen) atoms. The molecule has 0 bridgehead atoms. The van der Waals surface area contributed by atoms with E-state index in [1.807, 2.05) is 30.3 Å². The van der Waals surface area contributed by atoms with Crippen LogP contribution in [-0.2, 0) is 17.8 Å². The second-order valence-electron chi connectivity index (χ2n) is 7.68. The van der Waals surface area contributed by atoms with Crippen LogP contribution < -0.4 is 14.8 Å². The van der Waals surface area contributed by atoms with Gasteiger partial charge in [0.2, 0.25) is 5.91 Å². The summed E-state index contributed by atoms with van der Waals surface area (Å²) < 4.78 is 13.6. The first-order valence-electron chi connectivity index (χ1n) is 11.3. The topological polar surface area (TPSA) is 65.4 Å². The van der Waals surface area contributed by atoms with Crippen LogP contribution in [0.15, 0.2) is 61.2 Å². The number of hydrogen-bond acceptors (Lipinski definition) is 4. The molecule has 3 rings (SSSR count). The maximum atomic E-state index is 11.2. The molecule has 6 heteroatoms. The lowest BCUT2D eigenvalue weighted by atomic mass is 10.2. The van der Waals surface area contributed by atoms with Crippen LogP contribution in [0.2, 0.25) is 0 Å². The Labute approximate surface area is 190 Å². The first-order chi connectivity index (χ1) is 15.7. The number of fused-ring (bicyclic) bond motifs is 1. The molecule has 3 aromatic rings. The minimum absolute atomic E-state index is 0.110. The third-order valence-electron chi connectivity index (χ3n) is 5.40. The molecule has 170 valence electrons. The maximum Gasteiger partial charge on any atom is 0.243 e. The van der Waals surface area contributed by atoms with Gasteiger partial charge >= 0.3 is 0 Å². The highest BCUT2D eigenvalue weighted by Crippen LogP contribution is 2.26. The molecule has 0 aliphatic heterocycles. The number of aromatic nitrogens is 2. The molecule has 0 spiro atoms. The Balaban J connectivity index is 1.49. The number of carbonyl (C=O) groups is 1. The summed E-state index contributed by atoms with van der Waals surface area (Å²) in [6, 6.07) is 16.1. The van der Waals surface area contributed by atoms with E-state index < -0.39 is 0 Å². The highest BCUT2D eigenvalue weighted by molar-refractivity contribution is 5.86. The van der Waals surface area contributed by atoms with Crippen LogP contribution in [0, 0.1) is 0 Å². The Kier molecular flexibility index (Phi) is 9.17. The van der Waals surface area contributed by atoms with Crippen LogP contribution in [0.1, 0.15) is 37.9 Å². The fourth-order valence-electron chi connectivity index (χ4n) is 3.73. The Morgan fingerprint density at radius 3 is 2.62 bits per heavy atom. The lowest BCUT2D eigenvalue weighted by Crippen LogP contribution is -2.21. The molecule has 0 fully saturated rings. The molecule has 0 saturated carbocycles. The highest BCUT2D eigenvalue weighted by atomic mass is 16.5. The van der Waals surface area contributed by atoms with E-state index in [9.17, 15) is 4.79 Å². The van der Waals surface area contributed by atoms with E-state index in [1.54, 1.807) is 7.11 Å². The number of para-hydroxylation sites is 4. The summed E-state index contributed by atoms with van der Waals surface area (Å²) in [5, 5.41) is 2.83. The van der Waals surface area contributed by atoms with Gasteiger partial charge in [-0.05, 0) is 56.0 Å². The maximum absolute atomic E-state index is 11.2. The predicted octanol–water partition coefficient (Wildman–Crippen LogP) is 4.92. The van der Waals surface area contributed by atoms with Crippen molar-refractivity contribution in [3.05, 3.63) is 67.0 Å².